The first-order chi connectivity index (χ1) is 11.4. The van der Waals surface area contributed by atoms with Gasteiger partial charge in [-0.1, -0.05) is 25.4 Å². The number of methoxy groups -OCH3 is 1. The van der Waals surface area contributed by atoms with Gasteiger partial charge >= 0.3 is 0 Å². The standard InChI is InChI=1S/C17H20ClN3O3/c1-10(2)9-21-17(23)12(16(22)19-3)8-14(20-21)11-5-6-15(24-4)13(18)7-11/h5-8,10H,9H2,1-4H3,(H,19,22). The molecule has 0 bridgehead atoms. The maximum absolute atomic E-state index is 12.4. The van der Waals surface area contributed by atoms with Gasteiger partial charge in [0, 0.05) is 19.2 Å². The van der Waals surface area contributed by atoms with Gasteiger partial charge in [-0.25, -0.2) is 4.68 Å². The fourth-order valence-electron chi connectivity index (χ4n) is 2.28. The molecule has 0 unspecified atom stereocenters. The SMILES string of the molecule is CNC(=O)c1cc(-c2ccc(OC)c(Cl)c2)nn(CC(C)C)c1=O. The van der Waals surface area contributed by atoms with Gasteiger partial charge in [0.15, 0.2) is 0 Å². The van der Waals surface area contributed by atoms with Crippen LogP contribution in [0.1, 0.15) is 24.2 Å². The summed E-state index contributed by atoms with van der Waals surface area (Å²) < 4.78 is 6.46. The van der Waals surface area contributed by atoms with Crippen LogP contribution in [-0.2, 0) is 6.54 Å². The van der Waals surface area contributed by atoms with E-state index in [0.29, 0.717) is 28.6 Å². The van der Waals surface area contributed by atoms with Gasteiger partial charge in [-0.3, -0.25) is 9.59 Å². The van der Waals surface area contributed by atoms with Crippen LogP contribution in [0.15, 0.2) is 29.1 Å². The Morgan fingerprint density at radius 2 is 2.08 bits per heavy atom. The Bertz CT molecular complexity index is 815. The zero-order valence-electron chi connectivity index (χ0n) is 14.1. The fraction of sp³-hybridized carbons (Fsp3) is 0.353. The molecule has 0 aliphatic carbocycles. The molecule has 1 heterocycles. The molecular formula is C17H20ClN3O3. The van der Waals surface area contributed by atoms with Crippen LogP contribution in [0.5, 0.6) is 5.75 Å². The van der Waals surface area contributed by atoms with Crippen molar-refractivity contribution in [3.05, 3.63) is 45.2 Å². The molecule has 128 valence electrons. The van der Waals surface area contributed by atoms with Crippen LogP contribution in [0.25, 0.3) is 11.3 Å². The topological polar surface area (TPSA) is 73.2 Å². The van der Waals surface area contributed by atoms with Gasteiger partial charge in [0.2, 0.25) is 0 Å². The molecule has 1 aromatic carbocycles. The summed E-state index contributed by atoms with van der Waals surface area (Å²) in [6, 6.07) is 6.68. The number of hydrogen-bond acceptors (Lipinski definition) is 4. The van der Waals surface area contributed by atoms with Gasteiger partial charge in [-0.15, -0.1) is 0 Å². The number of carbonyl (C=O) groups is 1. The molecule has 0 fully saturated rings. The lowest BCUT2D eigenvalue weighted by atomic mass is 10.1. The lowest BCUT2D eigenvalue weighted by Gasteiger charge is -2.12. The minimum atomic E-state index is -0.444. The maximum atomic E-state index is 12.4. The second kappa shape index (κ2) is 7.49. The molecule has 1 N–H and O–H groups in total. The van der Waals surface area contributed by atoms with E-state index in [1.165, 1.54) is 24.9 Å². The predicted octanol–water partition coefficient (Wildman–Crippen LogP) is 2.59. The molecular weight excluding hydrogens is 330 g/mol. The average Bonchev–Trinajstić information content (AvgIpc) is 2.55. The number of ether oxygens (including phenoxy) is 1. The first-order valence-corrected chi connectivity index (χ1v) is 7.93. The number of rotatable bonds is 5. The van der Waals surface area contributed by atoms with Crippen molar-refractivity contribution in [2.24, 2.45) is 5.92 Å². The molecule has 7 heteroatoms. The Kier molecular flexibility index (Phi) is 5.62. The average molecular weight is 350 g/mol. The van der Waals surface area contributed by atoms with E-state index in [1.54, 1.807) is 18.2 Å². The molecule has 0 aliphatic heterocycles. The van der Waals surface area contributed by atoms with Crippen LogP contribution in [-0.4, -0.2) is 29.8 Å². The summed E-state index contributed by atoms with van der Waals surface area (Å²) in [5.41, 5.74) is 0.836. The van der Waals surface area contributed by atoms with Gasteiger partial charge in [-0.2, -0.15) is 5.10 Å². The molecule has 24 heavy (non-hydrogen) atoms. The van der Waals surface area contributed by atoms with E-state index in [1.807, 2.05) is 13.8 Å². The molecule has 0 radical (unpaired) electrons. The number of halogens is 1. The molecule has 0 saturated carbocycles. The third-order valence-electron chi connectivity index (χ3n) is 3.43. The van der Waals surface area contributed by atoms with Crippen molar-refractivity contribution in [2.75, 3.05) is 14.2 Å². The largest absolute Gasteiger partial charge is 0.495 e. The van der Waals surface area contributed by atoms with E-state index >= 15 is 0 Å². The Morgan fingerprint density at radius 1 is 1.38 bits per heavy atom. The second-order valence-corrected chi connectivity index (χ2v) is 6.16. The molecule has 0 aliphatic rings. The number of amides is 1. The van der Waals surface area contributed by atoms with Gasteiger partial charge < -0.3 is 10.1 Å². The number of hydrogen-bond donors (Lipinski definition) is 1. The van der Waals surface area contributed by atoms with Crippen molar-refractivity contribution in [1.82, 2.24) is 15.1 Å². The minimum absolute atomic E-state index is 0.0510. The lowest BCUT2D eigenvalue weighted by Crippen LogP contribution is -2.34. The van der Waals surface area contributed by atoms with E-state index in [0.717, 1.165) is 0 Å². The predicted molar refractivity (Wildman–Crippen MR) is 93.7 cm³/mol. The molecule has 0 spiro atoms. The Hall–Kier alpha value is -2.34. The van der Waals surface area contributed by atoms with E-state index in [2.05, 4.69) is 10.4 Å². The van der Waals surface area contributed by atoms with Crippen molar-refractivity contribution in [3.8, 4) is 17.0 Å². The summed E-state index contributed by atoms with van der Waals surface area (Å²) in [5.74, 6) is 0.311. The Labute approximate surface area is 145 Å². The van der Waals surface area contributed by atoms with Crippen LogP contribution in [0.2, 0.25) is 5.02 Å². The molecule has 0 saturated heterocycles. The summed E-state index contributed by atoms with van der Waals surface area (Å²) in [5, 5.41) is 7.30. The highest BCUT2D eigenvalue weighted by Gasteiger charge is 2.16. The molecule has 0 atom stereocenters. The second-order valence-electron chi connectivity index (χ2n) is 5.75. The molecule has 2 rings (SSSR count). The Morgan fingerprint density at radius 3 is 2.62 bits per heavy atom. The molecule has 6 nitrogen and oxygen atoms in total. The lowest BCUT2D eigenvalue weighted by molar-refractivity contribution is 0.0960. The third kappa shape index (κ3) is 3.76. The van der Waals surface area contributed by atoms with Gasteiger partial charge in [-0.05, 0) is 30.2 Å². The van der Waals surface area contributed by atoms with E-state index in [-0.39, 0.29) is 11.5 Å². The van der Waals surface area contributed by atoms with Crippen LogP contribution in [0, 0.1) is 5.92 Å². The zero-order valence-corrected chi connectivity index (χ0v) is 14.8. The first kappa shape index (κ1) is 18.0. The summed E-state index contributed by atoms with van der Waals surface area (Å²) in [6.07, 6.45) is 0. The van der Waals surface area contributed by atoms with Crippen molar-refractivity contribution >= 4 is 17.5 Å². The van der Waals surface area contributed by atoms with Crippen molar-refractivity contribution < 1.29 is 9.53 Å². The Balaban J connectivity index is 2.63. The molecule has 2 aromatic rings. The van der Waals surface area contributed by atoms with E-state index in [4.69, 9.17) is 16.3 Å². The quantitative estimate of drug-likeness (QED) is 0.900. The zero-order chi connectivity index (χ0) is 17.9. The minimum Gasteiger partial charge on any atom is -0.495 e. The number of nitrogens with one attached hydrogen (secondary N) is 1. The van der Waals surface area contributed by atoms with Gasteiger partial charge in [0.05, 0.1) is 17.8 Å². The van der Waals surface area contributed by atoms with Crippen LogP contribution >= 0.6 is 11.6 Å². The molecule has 1 amide bonds. The van der Waals surface area contributed by atoms with Crippen molar-refractivity contribution in [3.63, 3.8) is 0 Å². The van der Waals surface area contributed by atoms with Crippen molar-refractivity contribution in [2.45, 2.75) is 20.4 Å². The monoisotopic (exact) mass is 349 g/mol. The number of nitrogens with zero attached hydrogens (tertiary/aromatic N) is 2. The van der Waals surface area contributed by atoms with Crippen LogP contribution < -0.4 is 15.6 Å². The van der Waals surface area contributed by atoms with Crippen molar-refractivity contribution in [1.29, 1.82) is 0 Å². The highest BCUT2D eigenvalue weighted by molar-refractivity contribution is 6.32. The summed E-state index contributed by atoms with van der Waals surface area (Å²) in [6.45, 7) is 4.37. The summed E-state index contributed by atoms with van der Waals surface area (Å²) in [4.78, 5) is 24.5. The van der Waals surface area contributed by atoms with E-state index < -0.39 is 11.5 Å². The summed E-state index contributed by atoms with van der Waals surface area (Å²) >= 11 is 6.16. The smallest absolute Gasteiger partial charge is 0.279 e. The normalized spacial score (nSPS) is 10.8. The highest BCUT2D eigenvalue weighted by atomic mass is 35.5. The highest BCUT2D eigenvalue weighted by Crippen LogP contribution is 2.29. The van der Waals surface area contributed by atoms with E-state index in [9.17, 15) is 9.59 Å². The fourth-order valence-corrected chi connectivity index (χ4v) is 2.53. The molecule has 1 aromatic heterocycles. The number of aromatic nitrogens is 2. The maximum Gasteiger partial charge on any atom is 0.279 e. The van der Waals surface area contributed by atoms with Gasteiger partial charge in [0.1, 0.15) is 11.3 Å². The first-order valence-electron chi connectivity index (χ1n) is 7.55. The summed E-state index contributed by atoms with van der Waals surface area (Å²) in [7, 11) is 3.02. The number of benzene rings is 1. The van der Waals surface area contributed by atoms with Gasteiger partial charge in [0.25, 0.3) is 11.5 Å². The third-order valence-corrected chi connectivity index (χ3v) is 3.73. The van der Waals surface area contributed by atoms with Crippen LogP contribution in [0.3, 0.4) is 0 Å². The number of carbonyl (C=O) groups excluding carboxylic acids is 1. The van der Waals surface area contributed by atoms with Crippen LogP contribution in [0.4, 0.5) is 0 Å².